The molecule has 0 aliphatic carbocycles. The van der Waals surface area contributed by atoms with Crippen molar-refractivity contribution in [3.63, 3.8) is 0 Å². The molecule has 0 aliphatic heterocycles. The van der Waals surface area contributed by atoms with Crippen molar-refractivity contribution in [1.82, 2.24) is 0 Å². The summed E-state index contributed by atoms with van der Waals surface area (Å²) in [6.45, 7) is 5.51. The van der Waals surface area contributed by atoms with Gasteiger partial charge < -0.3 is 0 Å². The van der Waals surface area contributed by atoms with Crippen LogP contribution in [0.1, 0.15) is 0 Å². The van der Waals surface area contributed by atoms with Gasteiger partial charge in [-0.15, -0.1) is 13.2 Å². The Morgan fingerprint density at radius 3 is 1.62 bits per heavy atom. The van der Waals surface area contributed by atoms with Gasteiger partial charge in [-0.25, -0.2) is 0 Å². The van der Waals surface area contributed by atoms with Gasteiger partial charge in [-0.2, -0.15) is 0 Å². The molecular formula is C6H10F5NO2S2. The first kappa shape index (κ1) is 15.6. The van der Waals surface area contributed by atoms with E-state index in [1.807, 2.05) is 0 Å². The molecule has 0 N–H and O–H groups in total. The van der Waals surface area contributed by atoms with E-state index in [2.05, 4.69) is 21.5 Å². The van der Waals surface area contributed by atoms with Gasteiger partial charge >= 0.3 is 10.4 Å². The highest BCUT2D eigenvalue weighted by Gasteiger charge is 2.65. The molecule has 0 fully saturated rings. The molecule has 0 aromatic rings. The van der Waals surface area contributed by atoms with Crippen LogP contribution in [0.5, 0.6) is 0 Å². The number of rotatable bonds is 7. The average molecular weight is 287 g/mol. The molecule has 0 rings (SSSR count). The monoisotopic (exact) mass is 287 g/mol. The third kappa shape index (κ3) is 10.1. The Morgan fingerprint density at radius 2 is 1.38 bits per heavy atom. The van der Waals surface area contributed by atoms with Gasteiger partial charge in [0.1, 0.15) is 0 Å². The van der Waals surface area contributed by atoms with Crippen molar-refractivity contribution < 1.29 is 27.8 Å². The highest BCUT2D eigenvalue weighted by atomic mass is 32.5. The summed E-state index contributed by atoms with van der Waals surface area (Å²) < 4.78 is 69.8. The summed E-state index contributed by atoms with van der Waals surface area (Å²) in [5.41, 5.74) is 0. The van der Waals surface area contributed by atoms with Crippen molar-refractivity contribution in [2.24, 2.45) is 3.77 Å². The van der Waals surface area contributed by atoms with Crippen molar-refractivity contribution in [3.05, 3.63) is 25.3 Å². The third-order valence-corrected chi connectivity index (χ3v) is 3.06. The molecule has 10 heteroatoms. The molecule has 0 aliphatic rings. The Labute approximate surface area is 92.3 Å². The van der Waals surface area contributed by atoms with E-state index in [0.717, 1.165) is 12.2 Å². The molecule has 0 saturated carbocycles. The van der Waals surface area contributed by atoms with Crippen LogP contribution in [0.25, 0.3) is 0 Å². The van der Waals surface area contributed by atoms with Gasteiger partial charge in [0.25, 0.3) is 0 Å². The molecule has 0 atom stereocenters. The summed E-state index contributed by atoms with van der Waals surface area (Å²) in [5.74, 6) is 0. The van der Waals surface area contributed by atoms with Crippen molar-refractivity contribution in [3.8, 4) is 0 Å². The number of hydrogen-bond acceptors (Lipinski definition) is 3. The Hall–Kier alpha value is -0.450. The highest BCUT2D eigenvalue weighted by molar-refractivity contribution is 8.46. The van der Waals surface area contributed by atoms with E-state index in [4.69, 9.17) is 0 Å². The van der Waals surface area contributed by atoms with Gasteiger partial charge in [-0.05, 0) is 0 Å². The van der Waals surface area contributed by atoms with E-state index in [-0.39, 0.29) is 0 Å². The fourth-order valence-corrected chi connectivity index (χ4v) is 2.16. The van der Waals surface area contributed by atoms with Gasteiger partial charge in [0.2, 0.25) is 0 Å². The Bertz CT molecular complexity index is 297. The maximum absolute atomic E-state index is 11.9. The maximum Gasteiger partial charge on any atom is 0.391 e. The minimum atomic E-state index is -9.90. The van der Waals surface area contributed by atoms with Gasteiger partial charge in [0.05, 0.1) is 13.2 Å². The van der Waals surface area contributed by atoms with Crippen molar-refractivity contribution in [2.45, 2.75) is 0 Å². The zero-order valence-corrected chi connectivity index (χ0v) is 9.59. The van der Waals surface area contributed by atoms with Crippen LogP contribution in [-0.4, -0.2) is 13.2 Å². The van der Waals surface area contributed by atoms with Gasteiger partial charge in [-0.1, -0.05) is 35.3 Å². The minimum absolute atomic E-state index is 0.391. The molecule has 0 amide bonds. The molecule has 0 heterocycles. The molecule has 0 bridgehead atoms. The van der Waals surface area contributed by atoms with E-state index < -0.39 is 34.9 Å². The van der Waals surface area contributed by atoms with Crippen molar-refractivity contribution >= 4 is 21.7 Å². The molecule has 98 valence electrons. The largest absolute Gasteiger partial charge is 0.391 e. The first-order valence-electron chi connectivity index (χ1n) is 3.68. The van der Waals surface area contributed by atoms with Gasteiger partial charge in [0, 0.05) is 0 Å². The lowest BCUT2D eigenvalue weighted by Crippen LogP contribution is -2.08. The van der Waals surface area contributed by atoms with Crippen LogP contribution in [0.2, 0.25) is 0 Å². The highest BCUT2D eigenvalue weighted by Crippen LogP contribution is 2.99. The lowest BCUT2D eigenvalue weighted by Gasteiger charge is -2.34. The van der Waals surface area contributed by atoms with Crippen molar-refractivity contribution in [1.29, 1.82) is 0 Å². The Morgan fingerprint density at radius 1 is 1.00 bits per heavy atom. The predicted octanol–water partition coefficient (Wildman–Crippen LogP) is 4.24. The number of nitrogens with zero attached hydrogens (tertiary/aromatic N) is 1. The second-order valence-electron chi connectivity index (χ2n) is 2.37. The second-order valence-corrected chi connectivity index (χ2v) is 5.72. The lowest BCUT2D eigenvalue weighted by atomic mass is 10.7. The zero-order chi connectivity index (χ0) is 12.9. The van der Waals surface area contributed by atoms with Gasteiger partial charge in [-0.3, -0.25) is 8.37 Å². The Kier molecular flexibility index (Phi) is 4.31. The molecule has 0 radical (unpaired) electrons. The zero-order valence-electron chi connectivity index (χ0n) is 7.95. The summed E-state index contributed by atoms with van der Waals surface area (Å²) in [5, 5.41) is 0. The second kappa shape index (κ2) is 4.43. The molecule has 0 spiro atoms. The molecule has 0 unspecified atom stereocenters. The van der Waals surface area contributed by atoms with E-state index in [0.29, 0.717) is 0 Å². The first-order valence-corrected chi connectivity index (χ1v) is 6.62. The quantitative estimate of drug-likeness (QED) is 0.518. The normalized spacial score (nSPS) is 16.4. The molecule has 3 nitrogen and oxygen atoms in total. The summed E-state index contributed by atoms with van der Waals surface area (Å²) in [6.07, 6.45) is 2.16. The van der Waals surface area contributed by atoms with E-state index in [9.17, 15) is 19.4 Å². The topological polar surface area (TPSA) is 30.8 Å². The van der Waals surface area contributed by atoms with Crippen LogP contribution in [0.15, 0.2) is 29.1 Å². The summed E-state index contributed by atoms with van der Waals surface area (Å²) >= 11 is -2.71. The molecule has 0 saturated heterocycles. The van der Waals surface area contributed by atoms with Crippen molar-refractivity contribution in [2.75, 3.05) is 13.2 Å². The molecule has 0 aromatic carbocycles. The third-order valence-electron chi connectivity index (χ3n) is 0.775. The standard InChI is InChI=1S/C6H10F5NO2S2/c1-3-5-13-15(14-6-4-2)12-16(7,8,9,10)11/h3-4H,1-2,5-6H2. The first-order chi connectivity index (χ1) is 6.97. The Balaban J connectivity index is 4.95. The summed E-state index contributed by atoms with van der Waals surface area (Å²) in [4.78, 5) is 0. The molecule has 0 aromatic heterocycles. The molecule has 16 heavy (non-hydrogen) atoms. The van der Waals surface area contributed by atoms with E-state index >= 15 is 0 Å². The predicted molar refractivity (Wildman–Crippen MR) is 55.2 cm³/mol. The smallest absolute Gasteiger partial charge is 0.280 e. The molecular weight excluding hydrogens is 277 g/mol. The lowest BCUT2D eigenvalue weighted by molar-refractivity contribution is 0.312. The van der Waals surface area contributed by atoms with Crippen LogP contribution < -0.4 is 0 Å². The fourth-order valence-electron chi connectivity index (χ4n) is 0.405. The van der Waals surface area contributed by atoms with Crippen LogP contribution in [0.4, 0.5) is 19.4 Å². The SMILES string of the molecule is C=CCOS(=NS(F)(F)(F)(F)F)OCC=C. The van der Waals surface area contributed by atoms with E-state index in [1.165, 1.54) is 3.77 Å². The summed E-state index contributed by atoms with van der Waals surface area (Å²) in [7, 11) is -9.90. The minimum Gasteiger partial charge on any atom is -0.280 e. The number of halogens is 5. The van der Waals surface area contributed by atoms with Crippen LogP contribution in [0, 0.1) is 0 Å². The number of hydrogen-bond donors (Lipinski definition) is 0. The average Bonchev–Trinajstić information content (AvgIpc) is 2.05. The fraction of sp³-hybridized carbons (Fsp3) is 0.333. The van der Waals surface area contributed by atoms with Crippen LogP contribution >= 0.6 is 10.4 Å². The van der Waals surface area contributed by atoms with Crippen LogP contribution in [-0.2, 0) is 19.6 Å². The van der Waals surface area contributed by atoms with Crippen LogP contribution in [0.3, 0.4) is 0 Å². The maximum atomic E-state index is 11.9. The summed E-state index contributed by atoms with van der Waals surface area (Å²) in [6, 6.07) is 0. The van der Waals surface area contributed by atoms with Gasteiger partial charge in [0.15, 0.2) is 11.3 Å². The van der Waals surface area contributed by atoms with E-state index in [1.54, 1.807) is 0 Å².